The molecule has 8 nitrogen and oxygen atoms in total. The van der Waals surface area contributed by atoms with Gasteiger partial charge in [-0.2, -0.15) is 26.3 Å². The molecule has 0 bridgehead atoms. The maximum Gasteiger partial charge on any atom is 0.433 e. The number of benzene rings is 1. The number of pyridine rings is 2. The predicted octanol–water partition coefficient (Wildman–Crippen LogP) is 4.63. The number of nitrogens with two attached hydrogens (primary N) is 1. The van der Waals surface area contributed by atoms with Gasteiger partial charge in [0.05, 0.1) is 18.0 Å². The van der Waals surface area contributed by atoms with Gasteiger partial charge in [0.15, 0.2) is 5.75 Å². The zero-order valence-corrected chi connectivity index (χ0v) is 19.1. The van der Waals surface area contributed by atoms with Gasteiger partial charge in [-0.25, -0.2) is 19.7 Å². The molecular formula is C22H13ClF6N5O3+. The molecule has 0 amide bonds. The summed E-state index contributed by atoms with van der Waals surface area (Å²) in [7, 11) is 1.16. The first-order valence-electron chi connectivity index (χ1n) is 10.0. The van der Waals surface area contributed by atoms with Crippen LogP contribution >= 0.6 is 11.6 Å². The summed E-state index contributed by atoms with van der Waals surface area (Å²) < 4.78 is 89.2. The zero-order chi connectivity index (χ0) is 27.1. The molecule has 0 aliphatic carbocycles. The largest absolute Gasteiger partial charge is 0.494 e. The van der Waals surface area contributed by atoms with E-state index in [0.29, 0.717) is 12.1 Å². The number of nitrogens with one attached hydrogen (secondary N) is 1. The minimum Gasteiger partial charge on any atom is -0.494 e. The van der Waals surface area contributed by atoms with Crippen molar-refractivity contribution in [2.24, 2.45) is 0 Å². The van der Waals surface area contributed by atoms with E-state index >= 15 is 0 Å². The van der Waals surface area contributed by atoms with E-state index in [0.717, 1.165) is 24.6 Å². The van der Waals surface area contributed by atoms with Crippen molar-refractivity contribution in [3.05, 3.63) is 69.6 Å². The highest BCUT2D eigenvalue weighted by molar-refractivity contribution is 6.32. The van der Waals surface area contributed by atoms with Crippen LogP contribution in [0, 0.1) is 5.41 Å². The van der Waals surface area contributed by atoms with Crippen LogP contribution in [0.2, 0.25) is 5.02 Å². The number of alkyl halides is 6. The van der Waals surface area contributed by atoms with Crippen LogP contribution in [0.4, 0.5) is 32.2 Å². The standard InChI is InChI=1S/C22H12ClF6N5O3/c1-36-17-9-4-5-15(22(27,28)29)32-12(9)7-10-16(17)34-19(37-20(10)35)13(8-14(30)21(24,25)26)33-18-11(23)3-2-6-31-18/h2-8,30H,1H3,(H,31,33)/p+1/b13-8-,30-14?. The van der Waals surface area contributed by atoms with Gasteiger partial charge < -0.3 is 9.15 Å². The van der Waals surface area contributed by atoms with Crippen LogP contribution in [0.25, 0.3) is 27.5 Å². The van der Waals surface area contributed by atoms with Crippen molar-refractivity contribution in [2.75, 3.05) is 7.11 Å². The van der Waals surface area contributed by atoms with E-state index in [4.69, 9.17) is 26.2 Å². The van der Waals surface area contributed by atoms with E-state index in [-0.39, 0.29) is 38.4 Å². The second-order valence-electron chi connectivity index (χ2n) is 7.40. The number of rotatable bonds is 5. The third kappa shape index (κ3) is 5.24. The maximum atomic E-state index is 13.1. The maximum absolute atomic E-state index is 13.1. The highest BCUT2D eigenvalue weighted by Gasteiger charge is 2.35. The molecule has 15 heteroatoms. The van der Waals surface area contributed by atoms with Crippen molar-refractivity contribution >= 4 is 50.6 Å². The number of ether oxygens (including phenoxy) is 1. The molecule has 4 rings (SSSR count). The van der Waals surface area contributed by atoms with E-state index < -0.39 is 41.0 Å². The van der Waals surface area contributed by atoms with Crippen molar-refractivity contribution in [3.63, 3.8) is 0 Å². The lowest BCUT2D eigenvalue weighted by atomic mass is 10.1. The first-order chi connectivity index (χ1) is 17.3. The van der Waals surface area contributed by atoms with Crippen LogP contribution in [0.5, 0.6) is 5.75 Å². The van der Waals surface area contributed by atoms with Crippen molar-refractivity contribution in [1.29, 1.82) is 5.41 Å². The summed E-state index contributed by atoms with van der Waals surface area (Å²) in [5.41, 5.74) is -5.09. The molecule has 3 heterocycles. The van der Waals surface area contributed by atoms with Gasteiger partial charge in [-0.1, -0.05) is 11.6 Å². The number of methoxy groups -OCH3 is 1. The predicted molar refractivity (Wildman–Crippen MR) is 120 cm³/mol. The van der Waals surface area contributed by atoms with Crippen LogP contribution in [-0.2, 0) is 6.18 Å². The van der Waals surface area contributed by atoms with Crippen LogP contribution in [0.15, 0.2) is 51.8 Å². The Labute approximate surface area is 207 Å². The van der Waals surface area contributed by atoms with Gasteiger partial charge in [-0.15, -0.1) is 0 Å². The van der Waals surface area contributed by atoms with Crippen molar-refractivity contribution in [2.45, 2.75) is 12.4 Å². The second-order valence-corrected chi connectivity index (χ2v) is 7.81. The Kier molecular flexibility index (Phi) is 6.64. The Bertz CT molecular complexity index is 1630. The molecule has 37 heavy (non-hydrogen) atoms. The Morgan fingerprint density at radius 1 is 1.14 bits per heavy atom. The summed E-state index contributed by atoms with van der Waals surface area (Å²) in [6, 6.07) is 5.66. The lowest BCUT2D eigenvalue weighted by molar-refractivity contribution is -0.475. The molecule has 3 N–H and O–H groups in total. The van der Waals surface area contributed by atoms with Gasteiger partial charge >= 0.3 is 18.0 Å². The number of allylic oxidation sites excluding steroid dienone is 1. The Morgan fingerprint density at radius 2 is 1.86 bits per heavy atom. The molecule has 0 fully saturated rings. The summed E-state index contributed by atoms with van der Waals surface area (Å²) >= 11 is 6.05. The molecule has 0 atom stereocenters. The van der Waals surface area contributed by atoms with Crippen molar-refractivity contribution in [1.82, 2.24) is 15.0 Å². The fraction of sp³-hybridized carbons (Fsp3) is 0.136. The minimum atomic E-state index is -5.04. The molecule has 0 aliphatic heterocycles. The van der Waals surface area contributed by atoms with Gasteiger partial charge in [0.25, 0.3) is 5.89 Å². The molecule has 1 aromatic carbocycles. The number of hydrogen-bond acceptors (Lipinski definition) is 7. The number of halogens is 7. The molecule has 0 spiro atoms. The Morgan fingerprint density at radius 3 is 2.49 bits per heavy atom. The van der Waals surface area contributed by atoms with Crippen LogP contribution in [0.1, 0.15) is 11.6 Å². The first kappa shape index (κ1) is 26.0. The highest BCUT2D eigenvalue weighted by Crippen LogP contribution is 2.35. The third-order valence-corrected chi connectivity index (χ3v) is 5.29. The zero-order valence-electron chi connectivity index (χ0n) is 18.3. The van der Waals surface area contributed by atoms with Gasteiger partial charge in [0.1, 0.15) is 21.9 Å². The fourth-order valence-electron chi connectivity index (χ4n) is 3.31. The SMILES string of the molecule is COc1c2ccc(C(F)(F)F)nc2cc2c(=O)oc(/C(=C/C(=N)C(F)(F)F)[NH2+]c3ncccc3Cl)nc12. The smallest absolute Gasteiger partial charge is 0.433 e. The Hall–Kier alpha value is -4.04. The number of quaternary nitrogens is 1. The van der Waals surface area contributed by atoms with Gasteiger partial charge in [0.2, 0.25) is 11.5 Å². The molecule has 0 unspecified atom stereocenters. The first-order valence-corrected chi connectivity index (χ1v) is 10.4. The summed E-state index contributed by atoms with van der Waals surface area (Å²) in [5.74, 6) is -0.820. The van der Waals surface area contributed by atoms with E-state index in [1.807, 2.05) is 0 Å². The number of fused-ring (bicyclic) bond motifs is 2. The molecule has 0 aliphatic rings. The molecule has 0 saturated carbocycles. The second kappa shape index (κ2) is 9.44. The average Bonchev–Trinajstić information content (AvgIpc) is 2.82. The fourth-order valence-corrected chi connectivity index (χ4v) is 3.48. The highest BCUT2D eigenvalue weighted by atomic mass is 35.5. The normalized spacial score (nSPS) is 12.8. The monoisotopic (exact) mass is 544 g/mol. The van der Waals surface area contributed by atoms with Crippen LogP contribution in [0.3, 0.4) is 0 Å². The van der Waals surface area contributed by atoms with E-state index in [2.05, 4.69) is 15.0 Å². The van der Waals surface area contributed by atoms with Crippen LogP contribution < -0.4 is 15.7 Å². The van der Waals surface area contributed by atoms with Gasteiger partial charge in [-0.3, -0.25) is 10.7 Å². The van der Waals surface area contributed by atoms with Gasteiger partial charge in [-0.05, 0) is 30.3 Å². The molecule has 3 aromatic heterocycles. The summed E-state index contributed by atoms with van der Waals surface area (Å²) in [4.78, 5) is 24.4. The van der Waals surface area contributed by atoms with Crippen molar-refractivity contribution < 1.29 is 40.8 Å². The molecule has 0 saturated heterocycles. The van der Waals surface area contributed by atoms with Crippen LogP contribution in [-0.4, -0.2) is 33.9 Å². The Balaban J connectivity index is 1.97. The number of hydrogen-bond donors (Lipinski definition) is 2. The molecular weight excluding hydrogens is 532 g/mol. The van der Waals surface area contributed by atoms with E-state index in [9.17, 15) is 31.1 Å². The lowest BCUT2D eigenvalue weighted by Crippen LogP contribution is -2.75. The minimum absolute atomic E-state index is 0.00991. The third-order valence-electron chi connectivity index (χ3n) is 4.97. The number of nitrogens with zero attached hydrogens (tertiary/aromatic N) is 3. The molecule has 192 valence electrons. The average molecular weight is 545 g/mol. The summed E-state index contributed by atoms with van der Waals surface area (Å²) in [5, 5.41) is 8.16. The van der Waals surface area contributed by atoms with E-state index in [1.165, 1.54) is 18.3 Å². The van der Waals surface area contributed by atoms with Crippen molar-refractivity contribution in [3.8, 4) is 5.75 Å². The van der Waals surface area contributed by atoms with E-state index in [1.54, 1.807) is 0 Å². The quantitative estimate of drug-likeness (QED) is 0.215. The number of aromatic nitrogens is 3. The molecule has 4 aromatic rings. The molecule has 0 radical (unpaired) electrons. The summed E-state index contributed by atoms with van der Waals surface area (Å²) in [6.07, 6.45) is -8.12. The topological polar surface area (TPSA) is 119 Å². The lowest BCUT2D eigenvalue weighted by Gasteiger charge is -2.12. The summed E-state index contributed by atoms with van der Waals surface area (Å²) in [6.45, 7) is 0. The van der Waals surface area contributed by atoms with Gasteiger partial charge in [0, 0.05) is 17.7 Å².